The monoisotopic (exact) mass is 333 g/mol. The zero-order valence-electron chi connectivity index (χ0n) is 10.8. The van der Waals surface area contributed by atoms with Crippen LogP contribution in [0, 0.1) is 6.92 Å². The molecular weight excluding hydrogens is 322 g/mol. The number of aromatic nitrogens is 5. The van der Waals surface area contributed by atoms with Gasteiger partial charge in [0.1, 0.15) is 6.54 Å². The zero-order valence-corrected chi connectivity index (χ0v) is 12.4. The molecule has 0 amide bonds. The smallest absolute Gasteiger partial charge is 0.248 e. The topological polar surface area (TPSA) is 69.6 Å². The summed E-state index contributed by atoms with van der Waals surface area (Å²) in [7, 11) is 0. The van der Waals surface area contributed by atoms with E-state index in [4.69, 9.17) is 4.52 Å². The summed E-state index contributed by atoms with van der Waals surface area (Å²) in [6, 6.07) is 7.93. The maximum Gasteiger partial charge on any atom is 0.248 e. The fraction of sp³-hybridized carbons (Fsp3) is 0.231. The van der Waals surface area contributed by atoms with Gasteiger partial charge in [-0.15, -0.1) is 5.10 Å². The Kier molecular flexibility index (Phi) is 3.60. The van der Waals surface area contributed by atoms with Crippen molar-refractivity contribution in [2.45, 2.75) is 18.8 Å². The van der Waals surface area contributed by atoms with E-state index in [-0.39, 0.29) is 0 Å². The second-order valence-corrected chi connectivity index (χ2v) is 4.93. The Balaban J connectivity index is 1.82. The van der Waals surface area contributed by atoms with Gasteiger partial charge in [0, 0.05) is 17.1 Å². The van der Waals surface area contributed by atoms with Crippen LogP contribution in [0.15, 0.2) is 35.0 Å². The SMILES string of the molecule is Cc1ccccc1-c1noc(Cn2cc(CBr)nn2)n1. The van der Waals surface area contributed by atoms with E-state index in [9.17, 15) is 0 Å². The summed E-state index contributed by atoms with van der Waals surface area (Å²) in [6.07, 6.45) is 1.84. The average Bonchev–Trinajstić information content (AvgIpc) is 3.09. The van der Waals surface area contributed by atoms with Gasteiger partial charge in [0.2, 0.25) is 11.7 Å². The third-order valence-corrected chi connectivity index (χ3v) is 3.45. The third-order valence-electron chi connectivity index (χ3n) is 2.87. The highest BCUT2D eigenvalue weighted by molar-refractivity contribution is 9.08. The van der Waals surface area contributed by atoms with Gasteiger partial charge in [-0.1, -0.05) is 50.6 Å². The highest BCUT2D eigenvalue weighted by Gasteiger charge is 2.11. The summed E-state index contributed by atoms with van der Waals surface area (Å²) in [5.41, 5.74) is 2.95. The highest BCUT2D eigenvalue weighted by Crippen LogP contribution is 2.19. The number of hydrogen-bond donors (Lipinski definition) is 0. The lowest BCUT2D eigenvalue weighted by Crippen LogP contribution is -2.00. The first-order valence-electron chi connectivity index (χ1n) is 6.10. The van der Waals surface area contributed by atoms with Crippen molar-refractivity contribution < 1.29 is 4.52 Å². The van der Waals surface area contributed by atoms with Crippen molar-refractivity contribution in [1.82, 2.24) is 25.1 Å². The van der Waals surface area contributed by atoms with Crippen LogP contribution in [0.25, 0.3) is 11.4 Å². The maximum atomic E-state index is 5.26. The van der Waals surface area contributed by atoms with Crippen LogP contribution in [0.4, 0.5) is 0 Å². The number of benzene rings is 1. The Bertz CT molecular complexity index is 721. The van der Waals surface area contributed by atoms with Gasteiger partial charge in [0.25, 0.3) is 0 Å². The summed E-state index contributed by atoms with van der Waals surface area (Å²) in [6.45, 7) is 2.43. The Labute approximate surface area is 123 Å². The van der Waals surface area contributed by atoms with E-state index in [1.54, 1.807) is 4.68 Å². The van der Waals surface area contributed by atoms with Crippen LogP contribution in [0.2, 0.25) is 0 Å². The van der Waals surface area contributed by atoms with E-state index in [2.05, 4.69) is 36.4 Å². The largest absolute Gasteiger partial charge is 0.337 e. The van der Waals surface area contributed by atoms with Crippen molar-refractivity contribution in [3.05, 3.63) is 47.6 Å². The van der Waals surface area contributed by atoms with Gasteiger partial charge in [0.05, 0.1) is 5.69 Å². The lowest BCUT2D eigenvalue weighted by Gasteiger charge is -1.98. The lowest BCUT2D eigenvalue weighted by molar-refractivity contribution is 0.364. The Morgan fingerprint density at radius 2 is 2.15 bits per heavy atom. The molecular formula is C13H12BrN5O. The lowest BCUT2D eigenvalue weighted by atomic mass is 10.1. The number of alkyl halides is 1. The normalized spacial score (nSPS) is 10.9. The first kappa shape index (κ1) is 13.0. The molecule has 2 aromatic heterocycles. The van der Waals surface area contributed by atoms with E-state index < -0.39 is 0 Å². The molecule has 0 saturated heterocycles. The molecule has 0 aliphatic rings. The number of hydrogen-bond acceptors (Lipinski definition) is 5. The number of rotatable bonds is 4. The van der Waals surface area contributed by atoms with Crippen molar-refractivity contribution in [3.8, 4) is 11.4 Å². The van der Waals surface area contributed by atoms with Gasteiger partial charge in [-0.3, -0.25) is 0 Å². The second-order valence-electron chi connectivity index (χ2n) is 4.37. The first-order chi connectivity index (χ1) is 9.76. The maximum absolute atomic E-state index is 5.26. The molecule has 0 fully saturated rings. The quantitative estimate of drug-likeness (QED) is 0.686. The molecule has 0 bridgehead atoms. The number of nitrogens with zero attached hydrogens (tertiary/aromatic N) is 5. The summed E-state index contributed by atoms with van der Waals surface area (Å²) in [4.78, 5) is 4.39. The number of halogens is 1. The Hall–Kier alpha value is -2.02. The second kappa shape index (κ2) is 5.54. The molecule has 2 heterocycles. The molecule has 0 aliphatic carbocycles. The first-order valence-corrected chi connectivity index (χ1v) is 7.22. The van der Waals surface area contributed by atoms with Crippen LogP contribution in [0.1, 0.15) is 17.1 Å². The van der Waals surface area contributed by atoms with Gasteiger partial charge in [-0.25, -0.2) is 4.68 Å². The van der Waals surface area contributed by atoms with E-state index in [1.807, 2.05) is 37.4 Å². The molecule has 102 valence electrons. The Morgan fingerprint density at radius 3 is 2.90 bits per heavy atom. The fourth-order valence-corrected chi connectivity index (χ4v) is 2.12. The molecule has 6 nitrogen and oxygen atoms in total. The van der Waals surface area contributed by atoms with Gasteiger partial charge < -0.3 is 4.52 Å². The van der Waals surface area contributed by atoms with E-state index in [0.29, 0.717) is 23.6 Å². The molecule has 20 heavy (non-hydrogen) atoms. The van der Waals surface area contributed by atoms with E-state index in [0.717, 1.165) is 16.8 Å². The highest BCUT2D eigenvalue weighted by atomic mass is 79.9. The van der Waals surface area contributed by atoms with Crippen LogP contribution in [0.3, 0.4) is 0 Å². The molecule has 0 spiro atoms. The molecule has 0 radical (unpaired) electrons. The van der Waals surface area contributed by atoms with Crippen LogP contribution < -0.4 is 0 Å². The standard InChI is InChI=1S/C13H12BrN5O/c1-9-4-2-3-5-11(9)13-15-12(20-17-13)8-19-7-10(6-14)16-18-19/h2-5,7H,6,8H2,1H3. The van der Waals surface area contributed by atoms with Gasteiger partial charge in [-0.2, -0.15) is 4.98 Å². The minimum absolute atomic E-state index is 0.416. The predicted octanol–water partition coefficient (Wildman–Crippen LogP) is 2.58. The molecule has 3 aromatic rings. The fourth-order valence-electron chi connectivity index (χ4n) is 1.87. The Morgan fingerprint density at radius 1 is 1.30 bits per heavy atom. The molecule has 0 saturated carbocycles. The molecule has 0 unspecified atom stereocenters. The van der Waals surface area contributed by atoms with Crippen molar-refractivity contribution in [2.75, 3.05) is 0 Å². The number of aryl methyl sites for hydroxylation is 1. The van der Waals surface area contributed by atoms with Gasteiger partial charge >= 0.3 is 0 Å². The molecule has 0 aliphatic heterocycles. The van der Waals surface area contributed by atoms with Crippen molar-refractivity contribution in [3.63, 3.8) is 0 Å². The van der Waals surface area contributed by atoms with Crippen molar-refractivity contribution in [2.24, 2.45) is 0 Å². The van der Waals surface area contributed by atoms with E-state index in [1.165, 1.54) is 0 Å². The van der Waals surface area contributed by atoms with E-state index >= 15 is 0 Å². The minimum atomic E-state index is 0.416. The van der Waals surface area contributed by atoms with Crippen molar-refractivity contribution in [1.29, 1.82) is 0 Å². The van der Waals surface area contributed by atoms with Crippen LogP contribution in [-0.4, -0.2) is 25.1 Å². The van der Waals surface area contributed by atoms with Crippen LogP contribution in [0.5, 0.6) is 0 Å². The van der Waals surface area contributed by atoms with Gasteiger partial charge in [0.15, 0.2) is 0 Å². The summed E-state index contributed by atoms with van der Waals surface area (Å²) >= 11 is 3.33. The van der Waals surface area contributed by atoms with Crippen molar-refractivity contribution >= 4 is 15.9 Å². The summed E-state index contributed by atoms with van der Waals surface area (Å²) in [5.74, 6) is 1.10. The van der Waals surface area contributed by atoms with Crippen LogP contribution in [-0.2, 0) is 11.9 Å². The predicted molar refractivity (Wildman–Crippen MR) is 76.2 cm³/mol. The molecule has 0 N–H and O–H groups in total. The molecule has 0 atom stereocenters. The van der Waals surface area contributed by atoms with Crippen LogP contribution >= 0.6 is 15.9 Å². The minimum Gasteiger partial charge on any atom is -0.337 e. The summed E-state index contributed by atoms with van der Waals surface area (Å²) < 4.78 is 6.93. The molecule has 1 aromatic carbocycles. The molecule has 7 heteroatoms. The molecule has 3 rings (SSSR count). The van der Waals surface area contributed by atoms with Gasteiger partial charge in [-0.05, 0) is 12.5 Å². The zero-order chi connectivity index (χ0) is 13.9. The third kappa shape index (κ3) is 2.62. The average molecular weight is 334 g/mol. The summed E-state index contributed by atoms with van der Waals surface area (Å²) in [5, 5.41) is 12.7.